The van der Waals surface area contributed by atoms with E-state index in [2.05, 4.69) is 4.72 Å². The van der Waals surface area contributed by atoms with E-state index in [0.29, 0.717) is 0 Å². The fourth-order valence-electron chi connectivity index (χ4n) is 0.414. The molecule has 2 nitrogen and oxygen atoms in total. The average Bonchev–Trinajstić information content (AvgIpc) is 1.91. The van der Waals surface area contributed by atoms with Crippen LogP contribution in [0.1, 0.15) is 6.92 Å². The van der Waals surface area contributed by atoms with Crippen LogP contribution in [-0.2, 0) is 4.79 Å². The summed E-state index contributed by atoms with van der Waals surface area (Å²) in [6.07, 6.45) is 0. The van der Waals surface area contributed by atoms with Crippen molar-refractivity contribution in [2.24, 2.45) is 5.92 Å². The number of nitrogens with one attached hydrogen (secondary N) is 1. The maximum atomic E-state index is 10.4. The van der Waals surface area contributed by atoms with E-state index in [0.717, 1.165) is 5.75 Å². The van der Waals surface area contributed by atoms with Crippen LogP contribution in [0.3, 0.4) is 0 Å². The predicted octanol–water partition coefficient (Wildman–Crippen LogP) is 0.400. The molecule has 7 heavy (non-hydrogen) atoms. The lowest BCUT2D eigenvalue weighted by Gasteiger charge is -1.88. The lowest BCUT2D eigenvalue weighted by molar-refractivity contribution is -0.121. The number of carbonyl (C=O) groups excluding carboxylic acids is 1. The quantitative estimate of drug-likeness (QED) is 0.465. The van der Waals surface area contributed by atoms with Crippen molar-refractivity contribution in [1.82, 2.24) is 4.72 Å². The molecule has 40 valence electrons. The smallest absolute Gasteiger partial charge is 0.233 e. The third-order valence-electron chi connectivity index (χ3n) is 0.954. The molecule has 1 rings (SSSR count). The monoisotopic (exact) mass is 117 g/mol. The Bertz CT molecular complexity index is 93.7. The van der Waals surface area contributed by atoms with Crippen LogP contribution in [0, 0.1) is 5.92 Å². The predicted molar refractivity (Wildman–Crippen MR) is 29.8 cm³/mol. The van der Waals surface area contributed by atoms with E-state index < -0.39 is 0 Å². The standard InChI is InChI=1S/C4H7NOS/c1-3-2-7-5-4(3)6/h3H,2H2,1H3,(H,5,6). The van der Waals surface area contributed by atoms with Crippen molar-refractivity contribution in [3.8, 4) is 0 Å². The summed E-state index contributed by atoms with van der Waals surface area (Å²) in [5, 5.41) is 0. The van der Waals surface area contributed by atoms with Crippen molar-refractivity contribution in [1.29, 1.82) is 0 Å². The Balaban J connectivity index is 2.48. The van der Waals surface area contributed by atoms with Crippen molar-refractivity contribution >= 4 is 17.9 Å². The number of hydrogen-bond donors (Lipinski definition) is 1. The van der Waals surface area contributed by atoms with Gasteiger partial charge in [-0.3, -0.25) is 9.52 Å². The molecule has 3 heteroatoms. The molecule has 0 aromatic carbocycles. The van der Waals surface area contributed by atoms with Gasteiger partial charge in [0.2, 0.25) is 5.91 Å². The van der Waals surface area contributed by atoms with Crippen LogP contribution in [0.2, 0.25) is 0 Å². The Morgan fingerprint density at radius 1 is 2.00 bits per heavy atom. The van der Waals surface area contributed by atoms with Gasteiger partial charge in [-0.1, -0.05) is 6.92 Å². The summed E-state index contributed by atoms with van der Waals surface area (Å²) in [5.41, 5.74) is 0. The van der Waals surface area contributed by atoms with E-state index in [-0.39, 0.29) is 11.8 Å². The van der Waals surface area contributed by atoms with Gasteiger partial charge < -0.3 is 0 Å². The first-order valence-corrected chi connectivity index (χ1v) is 3.21. The number of hydrogen-bond acceptors (Lipinski definition) is 2. The topological polar surface area (TPSA) is 29.1 Å². The lowest BCUT2D eigenvalue weighted by atomic mass is 10.2. The number of carbonyl (C=O) groups is 1. The fraction of sp³-hybridized carbons (Fsp3) is 0.750. The molecule has 0 saturated carbocycles. The zero-order chi connectivity index (χ0) is 5.28. The minimum atomic E-state index is 0.171. The summed E-state index contributed by atoms with van der Waals surface area (Å²) >= 11 is 1.49. The molecule has 1 fully saturated rings. The normalized spacial score (nSPS) is 30.4. The average molecular weight is 117 g/mol. The van der Waals surface area contributed by atoms with E-state index in [1.807, 2.05) is 6.92 Å². The molecule has 0 spiro atoms. The van der Waals surface area contributed by atoms with Gasteiger partial charge in [-0.15, -0.1) is 0 Å². The third-order valence-corrected chi connectivity index (χ3v) is 1.97. The van der Waals surface area contributed by atoms with Crippen LogP contribution in [0.15, 0.2) is 0 Å². The first kappa shape index (κ1) is 4.97. The first-order valence-electron chi connectivity index (χ1n) is 2.22. The SMILES string of the molecule is CC1CSNC1=O. The van der Waals surface area contributed by atoms with E-state index >= 15 is 0 Å². The van der Waals surface area contributed by atoms with Crippen LogP contribution >= 0.6 is 11.9 Å². The van der Waals surface area contributed by atoms with Gasteiger partial charge in [-0.05, 0) is 11.9 Å². The van der Waals surface area contributed by atoms with Gasteiger partial charge in [0.1, 0.15) is 0 Å². The van der Waals surface area contributed by atoms with E-state index in [9.17, 15) is 4.79 Å². The molecule has 1 N–H and O–H groups in total. The zero-order valence-electron chi connectivity index (χ0n) is 4.10. The van der Waals surface area contributed by atoms with Crippen LogP contribution in [0.4, 0.5) is 0 Å². The van der Waals surface area contributed by atoms with Gasteiger partial charge in [-0.2, -0.15) is 0 Å². The second-order valence-corrected chi connectivity index (χ2v) is 2.50. The highest BCUT2D eigenvalue weighted by Crippen LogP contribution is 2.12. The highest BCUT2D eigenvalue weighted by Gasteiger charge is 2.18. The Hall–Kier alpha value is -0.180. The minimum Gasteiger partial charge on any atom is -0.300 e. The van der Waals surface area contributed by atoms with E-state index in [4.69, 9.17) is 0 Å². The summed E-state index contributed by atoms with van der Waals surface area (Å²) in [7, 11) is 0. The molecule has 1 unspecified atom stereocenters. The molecule has 1 atom stereocenters. The van der Waals surface area contributed by atoms with Crippen LogP contribution < -0.4 is 4.72 Å². The van der Waals surface area contributed by atoms with Crippen molar-refractivity contribution < 1.29 is 4.79 Å². The third kappa shape index (κ3) is 0.881. The van der Waals surface area contributed by atoms with Gasteiger partial charge in [0.05, 0.1) is 0 Å². The number of amides is 1. The molecule has 1 amide bonds. The molecular weight excluding hydrogens is 110 g/mol. The Labute approximate surface area is 46.8 Å². The number of rotatable bonds is 0. The fourth-order valence-corrected chi connectivity index (χ4v) is 1.24. The zero-order valence-corrected chi connectivity index (χ0v) is 4.92. The Kier molecular flexibility index (Phi) is 1.23. The van der Waals surface area contributed by atoms with Crippen LogP contribution in [-0.4, -0.2) is 11.7 Å². The summed E-state index contributed by atoms with van der Waals surface area (Å²) in [6.45, 7) is 1.93. The van der Waals surface area contributed by atoms with Crippen molar-refractivity contribution in [3.63, 3.8) is 0 Å². The van der Waals surface area contributed by atoms with Crippen molar-refractivity contribution in [3.05, 3.63) is 0 Å². The van der Waals surface area contributed by atoms with Crippen LogP contribution in [0.25, 0.3) is 0 Å². The van der Waals surface area contributed by atoms with Gasteiger partial charge in [-0.25, -0.2) is 0 Å². The second-order valence-electron chi connectivity index (χ2n) is 1.68. The highest BCUT2D eigenvalue weighted by atomic mass is 32.2. The summed E-state index contributed by atoms with van der Waals surface area (Å²) in [5.74, 6) is 1.33. The second kappa shape index (κ2) is 1.74. The molecular formula is C4H7NOS. The van der Waals surface area contributed by atoms with Gasteiger partial charge in [0, 0.05) is 11.7 Å². The molecule has 0 bridgehead atoms. The molecule has 0 aromatic rings. The maximum absolute atomic E-state index is 10.4. The van der Waals surface area contributed by atoms with Gasteiger partial charge >= 0.3 is 0 Å². The highest BCUT2D eigenvalue weighted by molar-refractivity contribution is 7.98. The van der Waals surface area contributed by atoms with Crippen molar-refractivity contribution in [2.45, 2.75) is 6.92 Å². The summed E-state index contributed by atoms with van der Waals surface area (Å²) in [6, 6.07) is 0. The molecule has 1 saturated heterocycles. The Morgan fingerprint density at radius 3 is 2.86 bits per heavy atom. The van der Waals surface area contributed by atoms with E-state index in [1.165, 1.54) is 11.9 Å². The molecule has 1 aliphatic heterocycles. The first-order chi connectivity index (χ1) is 3.30. The summed E-state index contributed by atoms with van der Waals surface area (Å²) < 4.78 is 2.65. The molecule has 0 aromatic heterocycles. The molecule has 1 aliphatic rings. The van der Waals surface area contributed by atoms with Gasteiger partial charge in [0.25, 0.3) is 0 Å². The molecule has 0 aliphatic carbocycles. The summed E-state index contributed by atoms with van der Waals surface area (Å²) in [4.78, 5) is 10.4. The molecule has 0 radical (unpaired) electrons. The van der Waals surface area contributed by atoms with Crippen LogP contribution in [0.5, 0.6) is 0 Å². The van der Waals surface area contributed by atoms with Gasteiger partial charge in [0.15, 0.2) is 0 Å². The largest absolute Gasteiger partial charge is 0.300 e. The van der Waals surface area contributed by atoms with E-state index in [1.54, 1.807) is 0 Å². The maximum Gasteiger partial charge on any atom is 0.233 e. The Morgan fingerprint density at radius 2 is 2.71 bits per heavy atom. The lowest BCUT2D eigenvalue weighted by Crippen LogP contribution is -2.13. The van der Waals surface area contributed by atoms with Crippen molar-refractivity contribution in [2.75, 3.05) is 5.75 Å². The minimum absolute atomic E-state index is 0.171. The molecule has 1 heterocycles.